The summed E-state index contributed by atoms with van der Waals surface area (Å²) < 4.78 is 5.22. The molecule has 0 saturated heterocycles. The quantitative estimate of drug-likeness (QED) is 0.720. The van der Waals surface area contributed by atoms with Crippen LogP contribution in [-0.2, 0) is 4.74 Å². The van der Waals surface area contributed by atoms with E-state index in [-0.39, 0.29) is 29.8 Å². The van der Waals surface area contributed by atoms with E-state index in [1.165, 1.54) is 12.1 Å². The van der Waals surface area contributed by atoms with Crippen LogP contribution in [0.15, 0.2) is 24.3 Å². The Bertz CT molecular complexity index is 481. The van der Waals surface area contributed by atoms with Crippen molar-refractivity contribution in [2.45, 2.75) is 39.2 Å². The molecule has 2 atom stereocenters. The summed E-state index contributed by atoms with van der Waals surface area (Å²) in [4.78, 5) is 23.1. The highest BCUT2D eigenvalue weighted by Crippen LogP contribution is 2.16. The molecule has 5 nitrogen and oxygen atoms in total. The summed E-state index contributed by atoms with van der Waals surface area (Å²) in [5.41, 5.74) is 0.00917. The van der Waals surface area contributed by atoms with Gasteiger partial charge in [-0.3, -0.25) is 0 Å². The van der Waals surface area contributed by atoms with Gasteiger partial charge in [0.2, 0.25) is 0 Å². The van der Waals surface area contributed by atoms with Gasteiger partial charge in [-0.25, -0.2) is 9.59 Å². The Morgan fingerprint density at radius 1 is 1.19 bits per heavy atom. The molecule has 21 heavy (non-hydrogen) atoms. The summed E-state index contributed by atoms with van der Waals surface area (Å²) in [5, 5.41) is 18.3. The maximum absolute atomic E-state index is 12.0. The van der Waals surface area contributed by atoms with E-state index in [4.69, 9.17) is 9.84 Å². The minimum absolute atomic E-state index is 0.0560. The first-order chi connectivity index (χ1) is 9.95. The van der Waals surface area contributed by atoms with Crippen molar-refractivity contribution in [3.8, 4) is 0 Å². The first-order valence-corrected chi connectivity index (χ1v) is 7.13. The lowest BCUT2D eigenvalue weighted by Crippen LogP contribution is -2.17. The largest absolute Gasteiger partial charge is 0.478 e. The maximum atomic E-state index is 12.0. The summed E-state index contributed by atoms with van der Waals surface area (Å²) in [6.07, 6.45) is 1.88. The fourth-order valence-electron chi connectivity index (χ4n) is 2.00. The van der Waals surface area contributed by atoms with Crippen molar-refractivity contribution in [1.29, 1.82) is 0 Å². The summed E-state index contributed by atoms with van der Waals surface area (Å²) in [6.45, 7) is 3.95. The first kappa shape index (κ1) is 17.2. The van der Waals surface area contributed by atoms with E-state index in [9.17, 15) is 14.7 Å². The van der Waals surface area contributed by atoms with Gasteiger partial charge in [-0.2, -0.15) is 0 Å². The number of aliphatic hydroxyl groups is 1. The summed E-state index contributed by atoms with van der Waals surface area (Å²) in [5.74, 6) is -1.60. The molecule has 0 aliphatic heterocycles. The van der Waals surface area contributed by atoms with Crippen LogP contribution in [0.4, 0.5) is 0 Å². The number of carboxylic acids is 1. The number of rotatable bonds is 8. The van der Waals surface area contributed by atoms with Crippen molar-refractivity contribution >= 4 is 11.9 Å². The van der Waals surface area contributed by atoms with E-state index in [1.807, 2.05) is 6.92 Å². The number of hydrogen-bond acceptors (Lipinski definition) is 4. The van der Waals surface area contributed by atoms with E-state index >= 15 is 0 Å². The number of esters is 1. The molecule has 0 aliphatic rings. The van der Waals surface area contributed by atoms with Crippen molar-refractivity contribution in [2.75, 3.05) is 6.61 Å². The van der Waals surface area contributed by atoms with Crippen LogP contribution in [0, 0.1) is 5.92 Å². The van der Waals surface area contributed by atoms with Gasteiger partial charge in [0.05, 0.1) is 23.8 Å². The number of carboxylic acid groups (broad SMARTS) is 1. The van der Waals surface area contributed by atoms with Crippen molar-refractivity contribution in [1.82, 2.24) is 0 Å². The van der Waals surface area contributed by atoms with Gasteiger partial charge in [-0.05, 0) is 37.8 Å². The molecule has 0 fully saturated rings. The number of carbonyl (C=O) groups is 2. The van der Waals surface area contributed by atoms with E-state index in [0.29, 0.717) is 6.42 Å². The maximum Gasteiger partial charge on any atom is 0.339 e. The molecule has 1 rings (SSSR count). The molecule has 2 N–H and O–H groups in total. The topological polar surface area (TPSA) is 83.8 Å². The zero-order valence-corrected chi connectivity index (χ0v) is 12.4. The lowest BCUT2D eigenvalue weighted by Gasteiger charge is -2.16. The molecule has 0 aliphatic carbocycles. The number of benzene rings is 1. The smallest absolute Gasteiger partial charge is 0.339 e. The fraction of sp³-hybridized carbons (Fsp3) is 0.500. The van der Waals surface area contributed by atoms with Crippen LogP contribution < -0.4 is 0 Å². The predicted molar refractivity (Wildman–Crippen MR) is 78.4 cm³/mol. The number of aliphatic hydroxyl groups excluding tert-OH is 1. The zero-order chi connectivity index (χ0) is 15.8. The predicted octanol–water partition coefficient (Wildman–Crippen LogP) is 2.73. The van der Waals surface area contributed by atoms with E-state index in [2.05, 4.69) is 0 Å². The van der Waals surface area contributed by atoms with Gasteiger partial charge in [0.25, 0.3) is 0 Å². The molecule has 5 heteroatoms. The molecule has 1 aromatic rings. The second-order valence-electron chi connectivity index (χ2n) is 5.15. The summed E-state index contributed by atoms with van der Waals surface area (Å²) >= 11 is 0. The Labute approximate surface area is 124 Å². The molecule has 0 heterocycles. The van der Waals surface area contributed by atoms with Gasteiger partial charge in [0, 0.05) is 0 Å². The van der Waals surface area contributed by atoms with Crippen molar-refractivity contribution in [3.05, 3.63) is 35.4 Å². The van der Waals surface area contributed by atoms with Gasteiger partial charge in [-0.15, -0.1) is 0 Å². The number of aromatic carboxylic acids is 1. The monoisotopic (exact) mass is 294 g/mol. The fourth-order valence-corrected chi connectivity index (χ4v) is 2.00. The van der Waals surface area contributed by atoms with Crippen LogP contribution in [0.5, 0.6) is 0 Å². The molecule has 0 aromatic heterocycles. The standard InChI is InChI=1S/C16H22O5/c1-3-12(9-8-11(2)17)10-21-16(20)14-7-5-4-6-13(14)15(18)19/h4-7,11-12,17H,3,8-10H2,1-2H3,(H,18,19)/t11-,12-/m0/s1. The van der Waals surface area contributed by atoms with E-state index in [0.717, 1.165) is 12.8 Å². The lowest BCUT2D eigenvalue weighted by atomic mass is 9.99. The minimum atomic E-state index is -1.15. The zero-order valence-electron chi connectivity index (χ0n) is 12.4. The highest BCUT2D eigenvalue weighted by molar-refractivity contribution is 6.02. The van der Waals surface area contributed by atoms with E-state index < -0.39 is 11.9 Å². The molecule has 116 valence electrons. The SMILES string of the molecule is CC[C@@H](CC[C@H](C)O)COC(=O)c1ccccc1C(=O)O. The average Bonchev–Trinajstić information content (AvgIpc) is 2.46. The first-order valence-electron chi connectivity index (χ1n) is 7.13. The lowest BCUT2D eigenvalue weighted by molar-refractivity contribution is 0.0411. The van der Waals surface area contributed by atoms with Crippen molar-refractivity contribution < 1.29 is 24.5 Å². The van der Waals surface area contributed by atoms with Crippen LogP contribution in [0.25, 0.3) is 0 Å². The molecule has 0 bridgehead atoms. The van der Waals surface area contributed by atoms with Crippen LogP contribution >= 0.6 is 0 Å². The van der Waals surface area contributed by atoms with Crippen LogP contribution in [0.3, 0.4) is 0 Å². The van der Waals surface area contributed by atoms with Gasteiger partial charge < -0.3 is 14.9 Å². The van der Waals surface area contributed by atoms with Gasteiger partial charge in [0.1, 0.15) is 0 Å². The highest BCUT2D eigenvalue weighted by atomic mass is 16.5. The van der Waals surface area contributed by atoms with Gasteiger partial charge >= 0.3 is 11.9 Å². The number of hydrogen-bond donors (Lipinski definition) is 2. The van der Waals surface area contributed by atoms with E-state index in [1.54, 1.807) is 19.1 Å². The second-order valence-corrected chi connectivity index (χ2v) is 5.15. The third-order valence-corrected chi connectivity index (χ3v) is 3.40. The number of carbonyl (C=O) groups excluding carboxylic acids is 1. The minimum Gasteiger partial charge on any atom is -0.478 e. The Balaban J connectivity index is 2.63. The molecule has 1 aromatic carbocycles. The van der Waals surface area contributed by atoms with Crippen molar-refractivity contribution in [2.24, 2.45) is 5.92 Å². The third kappa shape index (κ3) is 5.55. The Kier molecular flexibility index (Phi) is 6.88. The van der Waals surface area contributed by atoms with Crippen LogP contribution in [0.1, 0.15) is 53.8 Å². The number of ether oxygens (including phenoxy) is 1. The molecule has 0 amide bonds. The average molecular weight is 294 g/mol. The Hall–Kier alpha value is -1.88. The molecule has 0 radical (unpaired) electrons. The van der Waals surface area contributed by atoms with Gasteiger partial charge in [0.15, 0.2) is 0 Å². The second kappa shape index (κ2) is 8.42. The van der Waals surface area contributed by atoms with Crippen LogP contribution in [-0.4, -0.2) is 34.9 Å². The Morgan fingerprint density at radius 3 is 2.33 bits per heavy atom. The van der Waals surface area contributed by atoms with Gasteiger partial charge in [-0.1, -0.05) is 25.5 Å². The molecular formula is C16H22O5. The third-order valence-electron chi connectivity index (χ3n) is 3.40. The van der Waals surface area contributed by atoms with Crippen molar-refractivity contribution in [3.63, 3.8) is 0 Å². The highest BCUT2D eigenvalue weighted by Gasteiger charge is 2.18. The molecular weight excluding hydrogens is 272 g/mol. The Morgan fingerprint density at radius 2 is 1.81 bits per heavy atom. The summed E-state index contributed by atoms with van der Waals surface area (Å²) in [7, 11) is 0. The summed E-state index contributed by atoms with van der Waals surface area (Å²) in [6, 6.07) is 6.00. The molecule has 0 saturated carbocycles. The molecule has 0 spiro atoms. The van der Waals surface area contributed by atoms with Crippen LogP contribution in [0.2, 0.25) is 0 Å². The molecule has 0 unspecified atom stereocenters. The normalized spacial score (nSPS) is 13.5.